The minimum atomic E-state index is -0.786. The van der Waals surface area contributed by atoms with Crippen LogP contribution in [-0.2, 0) is 0 Å². The maximum absolute atomic E-state index is 14.6. The van der Waals surface area contributed by atoms with Gasteiger partial charge in [0.1, 0.15) is 11.6 Å². The van der Waals surface area contributed by atoms with Crippen LogP contribution < -0.4 is 5.32 Å². The van der Waals surface area contributed by atoms with Gasteiger partial charge >= 0.3 is 0 Å². The molecule has 0 radical (unpaired) electrons. The summed E-state index contributed by atoms with van der Waals surface area (Å²) in [5.41, 5.74) is 1.53. The molecule has 0 saturated carbocycles. The average Bonchev–Trinajstić information content (AvgIpc) is 2.73. The first-order chi connectivity index (χ1) is 14.0. The van der Waals surface area contributed by atoms with Crippen molar-refractivity contribution in [1.29, 1.82) is 0 Å². The Balaban J connectivity index is 1.57. The molecule has 1 aromatic heterocycles. The molecule has 0 fully saturated rings. The monoisotopic (exact) mass is 389 g/mol. The largest absolute Gasteiger partial charge is 0.322 e. The van der Waals surface area contributed by atoms with E-state index in [2.05, 4.69) is 15.3 Å². The number of carbonyl (C=O) groups excluding carboxylic acids is 2. The summed E-state index contributed by atoms with van der Waals surface area (Å²) in [6.45, 7) is 0. The van der Waals surface area contributed by atoms with E-state index in [0.717, 1.165) is 12.1 Å². The first-order valence-electron chi connectivity index (χ1n) is 8.63. The van der Waals surface area contributed by atoms with E-state index in [1.54, 1.807) is 24.4 Å². The maximum atomic E-state index is 14.6. The molecule has 0 atom stereocenters. The molecular formula is C22H13F2N3O2. The number of aromatic nitrogens is 2. The van der Waals surface area contributed by atoms with Crippen molar-refractivity contribution in [3.63, 3.8) is 0 Å². The van der Waals surface area contributed by atoms with E-state index in [1.165, 1.54) is 36.5 Å². The molecule has 3 aromatic carbocycles. The van der Waals surface area contributed by atoms with Crippen LogP contribution >= 0.6 is 0 Å². The van der Waals surface area contributed by atoms with Crippen molar-refractivity contribution < 1.29 is 18.4 Å². The van der Waals surface area contributed by atoms with Crippen LogP contribution in [0.4, 0.5) is 14.5 Å². The lowest BCUT2D eigenvalue weighted by molar-refractivity contribution is 0.102. The van der Waals surface area contributed by atoms with Gasteiger partial charge in [0, 0.05) is 29.2 Å². The lowest BCUT2D eigenvalue weighted by atomic mass is 10.0. The Morgan fingerprint density at radius 1 is 0.793 bits per heavy atom. The SMILES string of the molecule is O=C(Nc1ccc(C(=O)c2ccc3nccnc3c2)c(F)c1)c1cccc(F)c1. The van der Waals surface area contributed by atoms with E-state index in [1.807, 2.05) is 0 Å². The molecule has 0 aliphatic rings. The number of nitrogens with one attached hydrogen (secondary N) is 1. The highest BCUT2D eigenvalue weighted by molar-refractivity contribution is 6.11. The Labute approximate surface area is 164 Å². The highest BCUT2D eigenvalue weighted by Crippen LogP contribution is 2.20. The lowest BCUT2D eigenvalue weighted by Crippen LogP contribution is -2.13. The fraction of sp³-hybridized carbons (Fsp3) is 0. The number of hydrogen-bond acceptors (Lipinski definition) is 4. The van der Waals surface area contributed by atoms with Crippen LogP contribution in [0.15, 0.2) is 73.1 Å². The fourth-order valence-electron chi connectivity index (χ4n) is 2.87. The first kappa shape index (κ1) is 18.4. The van der Waals surface area contributed by atoms with Crippen molar-refractivity contribution in [2.45, 2.75) is 0 Å². The molecule has 4 aromatic rings. The van der Waals surface area contributed by atoms with Gasteiger partial charge in [-0.25, -0.2) is 8.78 Å². The van der Waals surface area contributed by atoms with Gasteiger partial charge < -0.3 is 5.32 Å². The Bertz CT molecular complexity index is 1260. The number of rotatable bonds is 4. The number of amides is 1. The Hall–Kier alpha value is -4.00. The smallest absolute Gasteiger partial charge is 0.255 e. The zero-order valence-corrected chi connectivity index (χ0v) is 14.9. The number of fused-ring (bicyclic) bond motifs is 1. The van der Waals surface area contributed by atoms with E-state index in [0.29, 0.717) is 11.0 Å². The maximum Gasteiger partial charge on any atom is 0.255 e. The average molecular weight is 389 g/mol. The zero-order valence-electron chi connectivity index (χ0n) is 14.9. The molecule has 0 aliphatic carbocycles. The lowest BCUT2D eigenvalue weighted by Gasteiger charge is -2.08. The Morgan fingerprint density at radius 2 is 1.59 bits per heavy atom. The third-order valence-corrected chi connectivity index (χ3v) is 4.29. The van der Waals surface area contributed by atoms with Gasteiger partial charge in [0.15, 0.2) is 5.78 Å². The number of hydrogen-bond donors (Lipinski definition) is 1. The van der Waals surface area contributed by atoms with Crippen LogP contribution in [0.25, 0.3) is 11.0 Å². The Kier molecular flexibility index (Phi) is 4.78. The van der Waals surface area contributed by atoms with Gasteiger partial charge in [0.25, 0.3) is 5.91 Å². The number of benzene rings is 3. The molecule has 1 heterocycles. The fourth-order valence-corrected chi connectivity index (χ4v) is 2.87. The first-order valence-corrected chi connectivity index (χ1v) is 8.63. The second kappa shape index (κ2) is 7.55. The molecule has 1 amide bonds. The minimum Gasteiger partial charge on any atom is -0.322 e. The molecule has 4 rings (SSSR count). The standard InChI is InChI=1S/C22H13F2N3O2/c23-15-3-1-2-14(10-15)22(29)27-16-5-6-17(18(24)12-16)21(28)13-4-7-19-20(11-13)26-9-8-25-19/h1-12H,(H,27,29). The van der Waals surface area contributed by atoms with Crippen molar-refractivity contribution in [3.8, 4) is 0 Å². The van der Waals surface area contributed by atoms with Crippen molar-refractivity contribution in [2.75, 3.05) is 5.32 Å². The van der Waals surface area contributed by atoms with Crippen molar-refractivity contribution >= 4 is 28.4 Å². The number of carbonyl (C=O) groups is 2. The highest BCUT2D eigenvalue weighted by Gasteiger charge is 2.16. The van der Waals surface area contributed by atoms with Gasteiger partial charge in [0.05, 0.1) is 16.6 Å². The van der Waals surface area contributed by atoms with Crippen LogP contribution in [-0.4, -0.2) is 21.7 Å². The van der Waals surface area contributed by atoms with Gasteiger partial charge in [0.2, 0.25) is 0 Å². The predicted molar refractivity (Wildman–Crippen MR) is 104 cm³/mol. The normalized spacial score (nSPS) is 10.7. The summed E-state index contributed by atoms with van der Waals surface area (Å²) in [5.74, 6) is -2.44. The summed E-state index contributed by atoms with van der Waals surface area (Å²) in [5, 5.41) is 2.48. The van der Waals surface area contributed by atoms with Gasteiger partial charge in [-0.2, -0.15) is 0 Å². The summed E-state index contributed by atoms with van der Waals surface area (Å²) >= 11 is 0. The number of nitrogens with zero attached hydrogens (tertiary/aromatic N) is 2. The highest BCUT2D eigenvalue weighted by atomic mass is 19.1. The predicted octanol–water partition coefficient (Wildman–Crippen LogP) is 4.39. The van der Waals surface area contributed by atoms with Crippen LogP contribution in [0.2, 0.25) is 0 Å². The van der Waals surface area contributed by atoms with E-state index in [-0.39, 0.29) is 22.4 Å². The van der Waals surface area contributed by atoms with E-state index >= 15 is 0 Å². The van der Waals surface area contributed by atoms with Gasteiger partial charge in [-0.15, -0.1) is 0 Å². The van der Waals surface area contributed by atoms with Crippen LogP contribution in [0.1, 0.15) is 26.3 Å². The number of anilines is 1. The summed E-state index contributed by atoms with van der Waals surface area (Å²) in [6, 6.07) is 13.6. The van der Waals surface area contributed by atoms with Crippen molar-refractivity contribution in [3.05, 3.63) is 101 Å². The molecule has 1 N–H and O–H groups in total. The molecular weight excluding hydrogens is 376 g/mol. The van der Waals surface area contributed by atoms with Crippen LogP contribution in [0, 0.1) is 11.6 Å². The summed E-state index contributed by atoms with van der Waals surface area (Å²) in [7, 11) is 0. The molecule has 0 saturated heterocycles. The summed E-state index contributed by atoms with van der Waals surface area (Å²) in [6.07, 6.45) is 3.05. The van der Waals surface area contributed by atoms with Crippen molar-refractivity contribution in [2.24, 2.45) is 0 Å². The van der Waals surface area contributed by atoms with Crippen LogP contribution in [0.3, 0.4) is 0 Å². The zero-order chi connectivity index (χ0) is 20.4. The number of halogens is 2. The molecule has 0 aliphatic heterocycles. The van der Waals surface area contributed by atoms with Gasteiger partial charge in [-0.3, -0.25) is 19.6 Å². The molecule has 0 bridgehead atoms. The topological polar surface area (TPSA) is 72.0 Å². The third kappa shape index (κ3) is 3.84. The molecule has 0 unspecified atom stereocenters. The van der Waals surface area contributed by atoms with Crippen LogP contribution in [0.5, 0.6) is 0 Å². The third-order valence-electron chi connectivity index (χ3n) is 4.29. The molecule has 29 heavy (non-hydrogen) atoms. The van der Waals surface area contributed by atoms with E-state index < -0.39 is 23.3 Å². The molecule has 5 nitrogen and oxygen atoms in total. The van der Waals surface area contributed by atoms with Crippen molar-refractivity contribution in [1.82, 2.24) is 9.97 Å². The second-order valence-electron chi connectivity index (χ2n) is 6.25. The molecule has 0 spiro atoms. The minimum absolute atomic E-state index is 0.0998. The summed E-state index contributed by atoms with van der Waals surface area (Å²) in [4.78, 5) is 33.1. The molecule has 142 valence electrons. The van der Waals surface area contributed by atoms with Gasteiger partial charge in [-0.1, -0.05) is 6.07 Å². The summed E-state index contributed by atoms with van der Waals surface area (Å²) < 4.78 is 27.8. The van der Waals surface area contributed by atoms with E-state index in [4.69, 9.17) is 0 Å². The quantitative estimate of drug-likeness (QED) is 0.526. The van der Waals surface area contributed by atoms with Gasteiger partial charge in [-0.05, 0) is 54.6 Å². The second-order valence-corrected chi connectivity index (χ2v) is 6.25. The molecule has 7 heteroatoms. The van der Waals surface area contributed by atoms with E-state index in [9.17, 15) is 18.4 Å². The Morgan fingerprint density at radius 3 is 2.34 bits per heavy atom. The number of ketones is 1.